The van der Waals surface area contributed by atoms with Crippen molar-refractivity contribution in [2.24, 2.45) is 0 Å². The van der Waals surface area contributed by atoms with Gasteiger partial charge in [0.2, 0.25) is 0 Å². The van der Waals surface area contributed by atoms with Crippen molar-refractivity contribution in [3.63, 3.8) is 0 Å². The third-order valence-electron chi connectivity index (χ3n) is 4.42. The second kappa shape index (κ2) is 7.29. The fraction of sp³-hybridized carbons (Fsp3) is 0.353. The number of hydrogen-bond donors (Lipinski definition) is 0. The molecule has 1 aromatic carbocycles. The maximum atomic E-state index is 12.2. The molecule has 1 saturated heterocycles. The molecule has 0 amide bonds. The first-order valence-corrected chi connectivity index (χ1v) is 12.4. The van der Waals surface area contributed by atoms with Crippen LogP contribution in [0.2, 0.25) is 5.02 Å². The fourth-order valence-electron chi connectivity index (χ4n) is 3.01. The standard InChI is InChI=1S/C17H20ClN3O4S2/c1-26(22,23)14-4-5-15(16(11-14)27(2,24)25)20-7-9-21(10-8-20)17-6-3-13(18)12-19-17/h3-6,11-12H,7-10H2,1-2H3. The molecule has 146 valence electrons. The number of hydrogen-bond acceptors (Lipinski definition) is 7. The Hall–Kier alpha value is -1.84. The summed E-state index contributed by atoms with van der Waals surface area (Å²) in [5.41, 5.74) is 0.522. The molecule has 0 radical (unpaired) electrons. The summed E-state index contributed by atoms with van der Waals surface area (Å²) in [5.74, 6) is 0.815. The number of sulfone groups is 2. The van der Waals surface area contributed by atoms with Crippen LogP contribution in [0.1, 0.15) is 0 Å². The molecule has 0 N–H and O–H groups in total. The van der Waals surface area contributed by atoms with Crippen LogP contribution in [0.4, 0.5) is 11.5 Å². The Morgan fingerprint density at radius 2 is 1.52 bits per heavy atom. The van der Waals surface area contributed by atoms with Crippen LogP contribution in [-0.4, -0.2) is 60.5 Å². The molecule has 1 aromatic heterocycles. The first-order valence-electron chi connectivity index (χ1n) is 8.21. The number of nitrogens with zero attached hydrogens (tertiary/aromatic N) is 3. The normalized spacial score (nSPS) is 15.8. The van der Waals surface area contributed by atoms with Gasteiger partial charge in [0.1, 0.15) is 5.82 Å². The second-order valence-corrected chi connectivity index (χ2v) is 10.9. The third kappa shape index (κ3) is 4.53. The van der Waals surface area contributed by atoms with Gasteiger partial charge in [0.05, 0.1) is 20.5 Å². The number of aromatic nitrogens is 1. The highest BCUT2D eigenvalue weighted by molar-refractivity contribution is 7.91. The zero-order chi connectivity index (χ0) is 19.8. The lowest BCUT2D eigenvalue weighted by Crippen LogP contribution is -2.47. The van der Waals surface area contributed by atoms with Crippen LogP contribution >= 0.6 is 11.6 Å². The minimum atomic E-state index is -3.58. The van der Waals surface area contributed by atoms with Crippen molar-refractivity contribution in [2.45, 2.75) is 9.79 Å². The highest BCUT2D eigenvalue weighted by Crippen LogP contribution is 2.29. The van der Waals surface area contributed by atoms with Crippen molar-refractivity contribution in [3.8, 4) is 0 Å². The number of pyridine rings is 1. The Bertz CT molecular complexity index is 1050. The lowest BCUT2D eigenvalue weighted by molar-refractivity contribution is 0.597. The summed E-state index contributed by atoms with van der Waals surface area (Å²) in [4.78, 5) is 8.38. The van der Waals surface area contributed by atoms with Crippen LogP contribution in [-0.2, 0) is 19.7 Å². The molecular formula is C17H20ClN3O4S2. The molecule has 2 aromatic rings. The summed E-state index contributed by atoms with van der Waals surface area (Å²) >= 11 is 5.87. The van der Waals surface area contributed by atoms with E-state index in [1.54, 1.807) is 18.3 Å². The van der Waals surface area contributed by atoms with Gasteiger partial charge in [0.15, 0.2) is 19.7 Å². The van der Waals surface area contributed by atoms with Gasteiger partial charge in [0, 0.05) is 44.9 Å². The molecule has 0 spiro atoms. The SMILES string of the molecule is CS(=O)(=O)c1ccc(N2CCN(c3ccc(Cl)cn3)CC2)c(S(C)(=O)=O)c1. The number of anilines is 2. The Morgan fingerprint density at radius 3 is 2.04 bits per heavy atom. The molecule has 0 aliphatic carbocycles. The Morgan fingerprint density at radius 1 is 0.889 bits per heavy atom. The summed E-state index contributed by atoms with van der Waals surface area (Å²) in [5, 5.41) is 0.571. The molecule has 2 heterocycles. The maximum Gasteiger partial charge on any atom is 0.177 e. The minimum Gasteiger partial charge on any atom is -0.367 e. The smallest absolute Gasteiger partial charge is 0.177 e. The van der Waals surface area contributed by atoms with E-state index in [1.165, 1.54) is 12.1 Å². The largest absolute Gasteiger partial charge is 0.367 e. The summed E-state index contributed by atoms with van der Waals surface area (Å²) in [6.07, 6.45) is 3.74. The summed E-state index contributed by atoms with van der Waals surface area (Å²) in [6, 6.07) is 7.89. The van der Waals surface area contributed by atoms with E-state index >= 15 is 0 Å². The molecule has 3 rings (SSSR count). The van der Waals surface area contributed by atoms with Gasteiger partial charge in [-0.2, -0.15) is 0 Å². The molecule has 0 saturated carbocycles. The summed E-state index contributed by atoms with van der Waals surface area (Å²) in [7, 11) is -7.07. The summed E-state index contributed by atoms with van der Waals surface area (Å²) < 4.78 is 48.1. The molecule has 0 unspecified atom stereocenters. The van der Waals surface area contributed by atoms with Gasteiger partial charge in [-0.25, -0.2) is 21.8 Å². The fourth-order valence-corrected chi connectivity index (χ4v) is 4.77. The lowest BCUT2D eigenvalue weighted by atomic mass is 10.2. The Labute approximate surface area is 164 Å². The van der Waals surface area contributed by atoms with Crippen LogP contribution in [0.25, 0.3) is 0 Å². The lowest BCUT2D eigenvalue weighted by Gasteiger charge is -2.37. The van der Waals surface area contributed by atoms with Gasteiger partial charge < -0.3 is 9.80 Å². The van der Waals surface area contributed by atoms with Gasteiger partial charge in [0.25, 0.3) is 0 Å². The van der Waals surface area contributed by atoms with E-state index in [2.05, 4.69) is 9.88 Å². The van der Waals surface area contributed by atoms with Crippen LogP contribution in [0.15, 0.2) is 46.3 Å². The van der Waals surface area contributed by atoms with Crippen LogP contribution < -0.4 is 9.80 Å². The third-order valence-corrected chi connectivity index (χ3v) is 6.87. The molecule has 0 bridgehead atoms. The Kier molecular flexibility index (Phi) is 5.38. The van der Waals surface area contributed by atoms with Crippen molar-refractivity contribution in [2.75, 3.05) is 48.5 Å². The van der Waals surface area contributed by atoms with Crippen molar-refractivity contribution >= 4 is 42.8 Å². The topological polar surface area (TPSA) is 87.7 Å². The molecule has 0 atom stereocenters. The first-order chi connectivity index (χ1) is 12.6. The highest BCUT2D eigenvalue weighted by atomic mass is 35.5. The maximum absolute atomic E-state index is 12.2. The van der Waals surface area contributed by atoms with E-state index < -0.39 is 19.7 Å². The monoisotopic (exact) mass is 429 g/mol. The highest BCUT2D eigenvalue weighted by Gasteiger charge is 2.24. The van der Waals surface area contributed by atoms with Crippen molar-refractivity contribution in [3.05, 3.63) is 41.6 Å². The van der Waals surface area contributed by atoms with Gasteiger partial charge in [-0.15, -0.1) is 0 Å². The van der Waals surface area contributed by atoms with Crippen molar-refractivity contribution in [1.29, 1.82) is 0 Å². The zero-order valence-electron chi connectivity index (χ0n) is 15.0. The van der Waals surface area contributed by atoms with Gasteiger partial charge >= 0.3 is 0 Å². The average Bonchev–Trinajstić information content (AvgIpc) is 2.60. The molecule has 27 heavy (non-hydrogen) atoms. The molecule has 1 fully saturated rings. The second-order valence-electron chi connectivity index (χ2n) is 6.48. The molecule has 1 aliphatic rings. The summed E-state index contributed by atoms with van der Waals surface area (Å²) in [6.45, 7) is 2.49. The van der Waals surface area contributed by atoms with Gasteiger partial charge in [-0.05, 0) is 30.3 Å². The zero-order valence-corrected chi connectivity index (χ0v) is 17.4. The molecular weight excluding hydrogens is 410 g/mol. The van der Waals surface area contributed by atoms with E-state index in [0.717, 1.165) is 18.3 Å². The average molecular weight is 430 g/mol. The van der Waals surface area contributed by atoms with Gasteiger partial charge in [-0.3, -0.25) is 0 Å². The molecule has 10 heteroatoms. The number of benzene rings is 1. The van der Waals surface area contributed by atoms with E-state index in [9.17, 15) is 16.8 Å². The Balaban J connectivity index is 1.86. The van der Waals surface area contributed by atoms with Crippen molar-refractivity contribution in [1.82, 2.24) is 4.98 Å². The van der Waals surface area contributed by atoms with Crippen molar-refractivity contribution < 1.29 is 16.8 Å². The van der Waals surface area contributed by atoms with E-state index in [-0.39, 0.29) is 9.79 Å². The minimum absolute atomic E-state index is 0.00400. The number of halogens is 1. The van der Waals surface area contributed by atoms with E-state index in [4.69, 9.17) is 11.6 Å². The number of piperazine rings is 1. The quantitative estimate of drug-likeness (QED) is 0.733. The predicted molar refractivity (Wildman–Crippen MR) is 106 cm³/mol. The first kappa shape index (κ1) is 19.9. The predicted octanol–water partition coefficient (Wildman–Crippen LogP) is 1.87. The van der Waals surface area contributed by atoms with Gasteiger partial charge in [-0.1, -0.05) is 11.6 Å². The van der Waals surface area contributed by atoms with E-state index in [0.29, 0.717) is 36.9 Å². The molecule has 1 aliphatic heterocycles. The molecule has 7 nitrogen and oxygen atoms in total. The number of rotatable bonds is 4. The van der Waals surface area contributed by atoms with Crippen LogP contribution in [0.3, 0.4) is 0 Å². The van der Waals surface area contributed by atoms with Crippen LogP contribution in [0.5, 0.6) is 0 Å². The van der Waals surface area contributed by atoms with E-state index in [1.807, 2.05) is 11.0 Å². The van der Waals surface area contributed by atoms with Crippen LogP contribution in [0, 0.1) is 0 Å².